The number of carbonyl (C=O) groups excluding carboxylic acids is 1. The first kappa shape index (κ1) is 14.5. The van der Waals surface area contributed by atoms with E-state index >= 15 is 0 Å². The molecular formula is C17H15NO3S. The van der Waals surface area contributed by atoms with Crippen LogP contribution in [-0.4, -0.2) is 25.2 Å². The Morgan fingerprint density at radius 2 is 1.68 bits per heavy atom. The Morgan fingerprint density at radius 1 is 1.00 bits per heavy atom. The first-order chi connectivity index (χ1) is 10.6. The molecule has 0 atom stereocenters. The summed E-state index contributed by atoms with van der Waals surface area (Å²) in [7, 11) is -3.61. The largest absolute Gasteiger partial charge is 0.268 e. The molecule has 0 bridgehead atoms. The number of nitrogens with zero attached hydrogens (tertiary/aromatic N) is 1. The molecule has 0 N–H and O–H groups in total. The highest BCUT2D eigenvalue weighted by atomic mass is 32.2. The van der Waals surface area contributed by atoms with Gasteiger partial charge in [-0.15, -0.1) is 0 Å². The van der Waals surface area contributed by atoms with E-state index in [1.807, 2.05) is 36.4 Å². The minimum absolute atomic E-state index is 0.0460. The van der Waals surface area contributed by atoms with Gasteiger partial charge in [0, 0.05) is 5.56 Å². The van der Waals surface area contributed by atoms with Gasteiger partial charge in [0.2, 0.25) is 10.0 Å². The smallest absolute Gasteiger partial charge is 0.267 e. The molecule has 0 saturated carbocycles. The van der Waals surface area contributed by atoms with Crippen LogP contribution in [0.1, 0.15) is 21.5 Å². The number of fused-ring (bicyclic) bond motifs is 1. The summed E-state index contributed by atoms with van der Waals surface area (Å²) in [6.07, 6.45) is 3.50. The van der Waals surface area contributed by atoms with Crippen LogP contribution >= 0.6 is 0 Å². The van der Waals surface area contributed by atoms with E-state index in [0.717, 1.165) is 9.87 Å². The SMILES string of the molecule is O=C1c2ccccc2CS(=O)(=O)N1C/C=C\c1ccccc1. The van der Waals surface area contributed by atoms with Crippen LogP contribution in [0.3, 0.4) is 0 Å². The van der Waals surface area contributed by atoms with Crippen LogP contribution in [0.2, 0.25) is 0 Å². The number of rotatable bonds is 3. The third-order valence-electron chi connectivity index (χ3n) is 3.53. The normalized spacial score (nSPS) is 16.7. The predicted octanol–water partition coefficient (Wildman–Crippen LogP) is 2.69. The van der Waals surface area contributed by atoms with Gasteiger partial charge < -0.3 is 0 Å². The van der Waals surface area contributed by atoms with Crippen molar-refractivity contribution in [2.45, 2.75) is 5.75 Å². The van der Waals surface area contributed by atoms with Crippen molar-refractivity contribution in [1.82, 2.24) is 4.31 Å². The summed E-state index contributed by atoms with van der Waals surface area (Å²) in [5.74, 6) is -0.590. The Morgan fingerprint density at radius 3 is 2.45 bits per heavy atom. The molecule has 2 aromatic carbocycles. The Bertz CT molecular complexity index is 826. The fraction of sp³-hybridized carbons (Fsp3) is 0.118. The first-order valence-electron chi connectivity index (χ1n) is 6.92. The molecule has 112 valence electrons. The zero-order chi connectivity index (χ0) is 15.6. The van der Waals surface area contributed by atoms with Crippen molar-refractivity contribution < 1.29 is 13.2 Å². The van der Waals surface area contributed by atoms with Crippen LogP contribution in [0.15, 0.2) is 60.7 Å². The van der Waals surface area contributed by atoms with Gasteiger partial charge in [-0.3, -0.25) is 4.79 Å². The number of carbonyl (C=O) groups is 1. The molecule has 1 aliphatic heterocycles. The first-order valence-corrected chi connectivity index (χ1v) is 8.53. The molecule has 0 radical (unpaired) electrons. The Balaban J connectivity index is 1.84. The molecule has 1 aliphatic rings. The molecule has 1 amide bonds. The topological polar surface area (TPSA) is 54.5 Å². The van der Waals surface area contributed by atoms with Gasteiger partial charge in [0.15, 0.2) is 0 Å². The summed E-state index contributed by atoms with van der Waals surface area (Å²) in [5, 5.41) is 0. The van der Waals surface area contributed by atoms with Crippen molar-refractivity contribution in [2.24, 2.45) is 0 Å². The molecule has 0 spiro atoms. The minimum atomic E-state index is -3.61. The second-order valence-electron chi connectivity index (χ2n) is 5.06. The van der Waals surface area contributed by atoms with Crippen LogP contribution < -0.4 is 0 Å². The van der Waals surface area contributed by atoms with Gasteiger partial charge in [-0.2, -0.15) is 0 Å². The summed E-state index contributed by atoms with van der Waals surface area (Å²) in [6.45, 7) is 0.0460. The van der Waals surface area contributed by atoms with E-state index in [1.54, 1.807) is 30.3 Å². The van der Waals surface area contributed by atoms with Crippen LogP contribution in [0, 0.1) is 0 Å². The highest BCUT2D eigenvalue weighted by Gasteiger charge is 2.34. The lowest BCUT2D eigenvalue weighted by atomic mass is 10.1. The van der Waals surface area contributed by atoms with E-state index in [9.17, 15) is 13.2 Å². The standard InChI is InChI=1S/C17H15NO3S/c19-17-16-11-5-4-10-15(16)13-22(20,21)18(17)12-6-9-14-7-2-1-3-8-14/h1-11H,12-13H2/b9-6-. The highest BCUT2D eigenvalue weighted by Crippen LogP contribution is 2.24. The maximum Gasteiger partial charge on any atom is 0.267 e. The molecule has 22 heavy (non-hydrogen) atoms. The van der Waals surface area contributed by atoms with Crippen molar-refractivity contribution in [1.29, 1.82) is 0 Å². The Hall–Kier alpha value is -2.40. The Kier molecular flexibility index (Phi) is 3.81. The lowest BCUT2D eigenvalue weighted by molar-refractivity contribution is 0.0866. The molecule has 0 unspecified atom stereocenters. The number of benzene rings is 2. The number of hydrogen-bond donors (Lipinski definition) is 0. The zero-order valence-corrected chi connectivity index (χ0v) is 12.7. The van der Waals surface area contributed by atoms with Crippen LogP contribution in [-0.2, 0) is 15.8 Å². The molecule has 0 fully saturated rings. The average molecular weight is 313 g/mol. The minimum Gasteiger partial charge on any atom is -0.268 e. The molecule has 1 heterocycles. The van der Waals surface area contributed by atoms with Crippen molar-refractivity contribution in [3.05, 3.63) is 77.4 Å². The summed E-state index contributed by atoms with van der Waals surface area (Å²) < 4.78 is 25.5. The van der Waals surface area contributed by atoms with Gasteiger partial charge in [-0.25, -0.2) is 12.7 Å². The van der Waals surface area contributed by atoms with Gasteiger partial charge in [0.1, 0.15) is 0 Å². The van der Waals surface area contributed by atoms with Crippen LogP contribution in [0.5, 0.6) is 0 Å². The van der Waals surface area contributed by atoms with Crippen molar-refractivity contribution in [3.8, 4) is 0 Å². The number of hydrogen-bond acceptors (Lipinski definition) is 3. The van der Waals surface area contributed by atoms with Gasteiger partial charge >= 0.3 is 0 Å². The van der Waals surface area contributed by atoms with Gasteiger partial charge in [0.05, 0.1) is 12.3 Å². The van der Waals surface area contributed by atoms with Gasteiger partial charge in [-0.1, -0.05) is 60.7 Å². The summed E-state index contributed by atoms with van der Waals surface area (Å²) >= 11 is 0. The maximum atomic E-state index is 12.4. The van der Waals surface area contributed by atoms with Gasteiger partial charge in [0.25, 0.3) is 5.91 Å². The molecule has 0 aromatic heterocycles. The third-order valence-corrected chi connectivity index (χ3v) is 5.19. The van der Waals surface area contributed by atoms with E-state index in [1.165, 1.54) is 0 Å². The summed E-state index contributed by atoms with van der Waals surface area (Å²) in [5.41, 5.74) is 1.99. The predicted molar refractivity (Wildman–Crippen MR) is 85.6 cm³/mol. The van der Waals surface area contributed by atoms with Crippen molar-refractivity contribution >= 4 is 22.0 Å². The molecule has 5 heteroatoms. The summed E-state index contributed by atoms with van der Waals surface area (Å²) in [4.78, 5) is 12.4. The number of sulfonamides is 1. The van der Waals surface area contributed by atoms with E-state index in [2.05, 4.69) is 0 Å². The lowest BCUT2D eigenvalue weighted by Crippen LogP contribution is -2.41. The van der Waals surface area contributed by atoms with Gasteiger partial charge in [-0.05, 0) is 17.2 Å². The van der Waals surface area contributed by atoms with E-state index in [4.69, 9.17) is 0 Å². The second-order valence-corrected chi connectivity index (χ2v) is 6.96. The fourth-order valence-corrected chi connectivity index (χ4v) is 3.90. The van der Waals surface area contributed by atoms with Crippen molar-refractivity contribution in [3.63, 3.8) is 0 Å². The van der Waals surface area contributed by atoms with E-state index in [0.29, 0.717) is 11.1 Å². The molecule has 4 nitrogen and oxygen atoms in total. The van der Waals surface area contributed by atoms with Crippen LogP contribution in [0.4, 0.5) is 0 Å². The zero-order valence-electron chi connectivity index (χ0n) is 11.8. The average Bonchev–Trinajstić information content (AvgIpc) is 2.51. The van der Waals surface area contributed by atoms with E-state index < -0.39 is 15.9 Å². The monoisotopic (exact) mass is 313 g/mol. The second kappa shape index (κ2) is 5.77. The molecule has 3 rings (SSSR count). The van der Waals surface area contributed by atoms with Crippen LogP contribution in [0.25, 0.3) is 6.08 Å². The Labute approximate surface area is 129 Å². The number of amides is 1. The molecule has 2 aromatic rings. The molecule has 0 saturated heterocycles. The van der Waals surface area contributed by atoms with Crippen molar-refractivity contribution in [2.75, 3.05) is 6.54 Å². The van der Waals surface area contributed by atoms with E-state index in [-0.39, 0.29) is 12.3 Å². The highest BCUT2D eigenvalue weighted by molar-refractivity contribution is 7.89. The summed E-state index contributed by atoms with van der Waals surface area (Å²) in [6, 6.07) is 16.4. The molecular weight excluding hydrogens is 298 g/mol. The quantitative estimate of drug-likeness (QED) is 0.875. The molecule has 0 aliphatic carbocycles. The lowest BCUT2D eigenvalue weighted by Gasteiger charge is -2.27. The maximum absolute atomic E-state index is 12.4. The fourth-order valence-electron chi connectivity index (χ4n) is 2.44. The third kappa shape index (κ3) is 2.80.